The second-order valence-corrected chi connectivity index (χ2v) is 5.19. The first kappa shape index (κ1) is 10.5. The van der Waals surface area contributed by atoms with Crippen LogP contribution < -0.4 is 0 Å². The Balaban J connectivity index is 4.25. The lowest BCUT2D eigenvalue weighted by Gasteiger charge is -2.11. The summed E-state index contributed by atoms with van der Waals surface area (Å²) in [5.74, 6) is 0. The number of hydrogen-bond donors (Lipinski definition) is 0. The fourth-order valence-corrected chi connectivity index (χ4v) is 0.542. The standard InChI is InChI=1S/C11H20/c1-10(2,3)8-7-9-11(4,5)6/h8-9H,1-6H3. The van der Waals surface area contributed by atoms with Crippen molar-refractivity contribution >= 4 is 0 Å². The van der Waals surface area contributed by atoms with E-state index in [1.807, 2.05) is 0 Å². The maximum atomic E-state index is 3.22. The summed E-state index contributed by atoms with van der Waals surface area (Å²) in [6.45, 7) is 13.1. The first-order valence-corrected chi connectivity index (χ1v) is 4.15. The highest BCUT2D eigenvalue weighted by Gasteiger charge is 2.05. The molecular weight excluding hydrogens is 132 g/mol. The van der Waals surface area contributed by atoms with Crippen molar-refractivity contribution < 1.29 is 0 Å². The summed E-state index contributed by atoms with van der Waals surface area (Å²) in [6, 6.07) is 0. The average Bonchev–Trinajstić information content (AvgIpc) is 1.55. The lowest BCUT2D eigenvalue weighted by molar-refractivity contribution is 0.534. The van der Waals surface area contributed by atoms with Gasteiger partial charge in [0, 0.05) is 0 Å². The van der Waals surface area contributed by atoms with Gasteiger partial charge in [-0.3, -0.25) is 0 Å². The molecule has 0 spiro atoms. The van der Waals surface area contributed by atoms with Crippen LogP contribution in [0.25, 0.3) is 0 Å². The van der Waals surface area contributed by atoms with Crippen molar-refractivity contribution in [2.45, 2.75) is 41.5 Å². The minimum atomic E-state index is 0.252. The van der Waals surface area contributed by atoms with Gasteiger partial charge in [0.2, 0.25) is 0 Å². The average molecular weight is 152 g/mol. The summed E-state index contributed by atoms with van der Waals surface area (Å²) in [5.41, 5.74) is 3.72. The smallest absolute Gasteiger partial charge is 0.0127 e. The summed E-state index contributed by atoms with van der Waals surface area (Å²) in [7, 11) is 0. The predicted octanol–water partition coefficient (Wildman–Crippen LogP) is 3.79. The monoisotopic (exact) mass is 152 g/mol. The highest BCUT2D eigenvalue weighted by Crippen LogP contribution is 2.16. The molecule has 0 aliphatic rings. The van der Waals surface area contributed by atoms with E-state index in [1.165, 1.54) is 0 Å². The normalized spacial score (nSPS) is 12.2. The van der Waals surface area contributed by atoms with Crippen LogP contribution in [0.5, 0.6) is 0 Å². The molecule has 0 fully saturated rings. The Morgan fingerprint density at radius 1 is 0.727 bits per heavy atom. The third-order valence-corrected chi connectivity index (χ3v) is 1.03. The lowest BCUT2D eigenvalue weighted by Crippen LogP contribution is -1.99. The van der Waals surface area contributed by atoms with Gasteiger partial charge in [-0.2, -0.15) is 0 Å². The summed E-state index contributed by atoms with van der Waals surface area (Å²) in [4.78, 5) is 0. The Kier molecular flexibility index (Phi) is 3.13. The van der Waals surface area contributed by atoms with E-state index in [2.05, 4.69) is 59.4 Å². The van der Waals surface area contributed by atoms with Crippen LogP contribution in [0.15, 0.2) is 17.9 Å². The molecule has 0 nitrogen and oxygen atoms in total. The zero-order chi connectivity index (χ0) is 9.12. The number of allylic oxidation sites excluding steroid dienone is 1. The summed E-state index contributed by atoms with van der Waals surface area (Å²) < 4.78 is 0. The van der Waals surface area contributed by atoms with Gasteiger partial charge in [-0.15, -0.1) is 5.73 Å². The summed E-state index contributed by atoms with van der Waals surface area (Å²) >= 11 is 0. The van der Waals surface area contributed by atoms with Crippen LogP contribution in [0, 0.1) is 10.8 Å². The Hall–Kier alpha value is -0.480. The fourth-order valence-electron chi connectivity index (χ4n) is 0.542. The van der Waals surface area contributed by atoms with Crippen LogP contribution in [0.3, 0.4) is 0 Å². The Bertz CT molecular complexity index is 147. The van der Waals surface area contributed by atoms with Crippen LogP contribution in [0.4, 0.5) is 0 Å². The van der Waals surface area contributed by atoms with Crippen molar-refractivity contribution in [3.63, 3.8) is 0 Å². The molecule has 0 aromatic rings. The van der Waals surface area contributed by atoms with Crippen molar-refractivity contribution in [2.75, 3.05) is 0 Å². The summed E-state index contributed by atoms with van der Waals surface area (Å²) in [5, 5.41) is 0. The third-order valence-electron chi connectivity index (χ3n) is 1.03. The van der Waals surface area contributed by atoms with Gasteiger partial charge < -0.3 is 0 Å². The maximum Gasteiger partial charge on any atom is -0.0127 e. The highest BCUT2D eigenvalue weighted by atomic mass is 14.1. The molecule has 0 aliphatic heterocycles. The Labute approximate surface area is 71.0 Å². The molecule has 0 saturated carbocycles. The van der Waals surface area contributed by atoms with E-state index < -0.39 is 0 Å². The molecule has 64 valence electrons. The van der Waals surface area contributed by atoms with E-state index in [1.54, 1.807) is 0 Å². The third kappa shape index (κ3) is 9.52. The number of rotatable bonds is 0. The Morgan fingerprint density at radius 2 is 1.00 bits per heavy atom. The van der Waals surface area contributed by atoms with Crippen LogP contribution in [0.1, 0.15) is 41.5 Å². The van der Waals surface area contributed by atoms with E-state index in [0.717, 1.165) is 0 Å². The molecule has 0 heteroatoms. The minimum Gasteiger partial charge on any atom is -0.128 e. The van der Waals surface area contributed by atoms with E-state index in [9.17, 15) is 0 Å². The van der Waals surface area contributed by atoms with Crippen LogP contribution in [-0.2, 0) is 0 Å². The van der Waals surface area contributed by atoms with Gasteiger partial charge in [-0.1, -0.05) is 41.5 Å². The molecule has 0 rings (SSSR count). The molecule has 0 atom stereocenters. The minimum absolute atomic E-state index is 0.252. The molecule has 0 aliphatic carbocycles. The zero-order valence-corrected chi connectivity index (χ0v) is 8.65. The molecule has 0 heterocycles. The number of hydrogen-bond acceptors (Lipinski definition) is 0. The molecule has 11 heavy (non-hydrogen) atoms. The van der Waals surface area contributed by atoms with E-state index in [4.69, 9.17) is 0 Å². The lowest BCUT2D eigenvalue weighted by atomic mass is 9.94. The molecule has 0 bridgehead atoms. The quantitative estimate of drug-likeness (QED) is 0.463. The van der Waals surface area contributed by atoms with Crippen molar-refractivity contribution in [3.05, 3.63) is 17.9 Å². The van der Waals surface area contributed by atoms with Crippen molar-refractivity contribution in [3.8, 4) is 0 Å². The van der Waals surface area contributed by atoms with Gasteiger partial charge in [-0.05, 0) is 23.0 Å². The van der Waals surface area contributed by atoms with Gasteiger partial charge in [0.05, 0.1) is 0 Å². The van der Waals surface area contributed by atoms with E-state index in [0.29, 0.717) is 0 Å². The maximum absolute atomic E-state index is 3.22. The SMILES string of the molecule is CC(C)(C)C=C=CC(C)(C)C. The predicted molar refractivity (Wildman–Crippen MR) is 51.6 cm³/mol. The Morgan fingerprint density at radius 3 is 1.18 bits per heavy atom. The first-order valence-electron chi connectivity index (χ1n) is 4.15. The van der Waals surface area contributed by atoms with E-state index >= 15 is 0 Å². The van der Waals surface area contributed by atoms with Gasteiger partial charge in [0.15, 0.2) is 0 Å². The van der Waals surface area contributed by atoms with Gasteiger partial charge in [-0.25, -0.2) is 0 Å². The largest absolute Gasteiger partial charge is 0.128 e. The van der Waals surface area contributed by atoms with Crippen molar-refractivity contribution in [2.24, 2.45) is 10.8 Å². The van der Waals surface area contributed by atoms with Crippen LogP contribution >= 0.6 is 0 Å². The first-order chi connectivity index (χ1) is 4.71. The van der Waals surface area contributed by atoms with Crippen LogP contribution in [-0.4, -0.2) is 0 Å². The molecule has 0 aromatic carbocycles. The zero-order valence-electron chi connectivity index (χ0n) is 8.65. The molecule has 0 amide bonds. The highest BCUT2D eigenvalue weighted by molar-refractivity contribution is 4.97. The second kappa shape index (κ2) is 3.28. The molecule has 0 N–H and O–H groups in total. The molecular formula is C11H20. The molecule has 0 unspecified atom stereocenters. The summed E-state index contributed by atoms with van der Waals surface area (Å²) in [6.07, 6.45) is 4.22. The van der Waals surface area contributed by atoms with Crippen molar-refractivity contribution in [1.29, 1.82) is 0 Å². The second-order valence-electron chi connectivity index (χ2n) is 5.19. The van der Waals surface area contributed by atoms with Gasteiger partial charge in [0.1, 0.15) is 0 Å². The van der Waals surface area contributed by atoms with Gasteiger partial charge >= 0.3 is 0 Å². The molecule has 0 aromatic heterocycles. The van der Waals surface area contributed by atoms with E-state index in [-0.39, 0.29) is 10.8 Å². The molecule has 0 radical (unpaired) electrons. The topological polar surface area (TPSA) is 0 Å². The fraction of sp³-hybridized carbons (Fsp3) is 0.727. The van der Waals surface area contributed by atoms with Crippen molar-refractivity contribution in [1.82, 2.24) is 0 Å². The van der Waals surface area contributed by atoms with Gasteiger partial charge in [0.25, 0.3) is 0 Å². The molecule has 0 saturated heterocycles. The van der Waals surface area contributed by atoms with Crippen LogP contribution in [0.2, 0.25) is 0 Å².